The van der Waals surface area contributed by atoms with Gasteiger partial charge in [0.05, 0.1) is 11.0 Å². The van der Waals surface area contributed by atoms with Crippen molar-refractivity contribution in [1.29, 1.82) is 0 Å². The van der Waals surface area contributed by atoms with Crippen LogP contribution in [0.1, 0.15) is 0 Å². The van der Waals surface area contributed by atoms with Crippen LogP contribution in [0.5, 0.6) is 0 Å². The molecule has 0 bridgehead atoms. The summed E-state index contributed by atoms with van der Waals surface area (Å²) in [4.78, 5) is 20.5. The molecular weight excluding hydrogens is 367 g/mol. The number of alkyl halides is 3. The summed E-state index contributed by atoms with van der Waals surface area (Å²) >= 11 is 6.75. The molecule has 0 atom stereocenters. The molecule has 126 valence electrons. The number of nitrogens with zero attached hydrogens (tertiary/aromatic N) is 5. The van der Waals surface area contributed by atoms with Crippen LogP contribution in [-0.4, -0.2) is 46.2 Å². The number of anilines is 1. The van der Waals surface area contributed by atoms with Crippen molar-refractivity contribution in [3.8, 4) is 0 Å². The Morgan fingerprint density at radius 1 is 1.29 bits per heavy atom. The van der Waals surface area contributed by atoms with Gasteiger partial charge in [0.1, 0.15) is 5.03 Å². The van der Waals surface area contributed by atoms with Gasteiger partial charge in [0.25, 0.3) is 0 Å². The topological polar surface area (TPSA) is 61.7 Å². The van der Waals surface area contributed by atoms with E-state index in [9.17, 15) is 18.0 Å². The lowest BCUT2D eigenvalue weighted by Crippen LogP contribution is -2.42. The zero-order chi connectivity index (χ0) is 17.6. The second kappa shape index (κ2) is 5.78. The maximum absolute atomic E-state index is 12.6. The number of carbonyl (C=O) groups is 1. The molecule has 0 saturated heterocycles. The minimum atomic E-state index is -4.99. The highest BCUT2D eigenvalue weighted by Crippen LogP contribution is 2.35. The number of benzene rings is 1. The number of aromatic nitrogens is 2. The maximum atomic E-state index is 12.6. The lowest BCUT2D eigenvalue weighted by atomic mass is 10.3. The Kier molecular flexibility index (Phi) is 4.04. The Hall–Kier alpha value is -2.07. The summed E-state index contributed by atoms with van der Waals surface area (Å²) in [7, 11) is 2.52. The minimum Gasteiger partial charge on any atom is -0.285 e. The van der Waals surface area contributed by atoms with Gasteiger partial charge in [-0.2, -0.15) is 13.2 Å². The Bertz CT molecular complexity index is 873. The largest absolute Gasteiger partial charge is 0.471 e. The molecule has 0 N–H and O–H groups in total. The molecule has 0 radical (unpaired) electrons. The van der Waals surface area contributed by atoms with Crippen LogP contribution in [0, 0.1) is 0 Å². The highest BCUT2D eigenvalue weighted by molar-refractivity contribution is 8.14. The van der Waals surface area contributed by atoms with E-state index in [1.165, 1.54) is 12.1 Å². The first-order valence-electron chi connectivity index (χ1n) is 6.49. The van der Waals surface area contributed by atoms with E-state index < -0.39 is 12.1 Å². The Labute approximate surface area is 143 Å². The predicted octanol–water partition coefficient (Wildman–Crippen LogP) is 3.12. The van der Waals surface area contributed by atoms with Crippen LogP contribution in [0.25, 0.3) is 11.0 Å². The van der Waals surface area contributed by atoms with Gasteiger partial charge < -0.3 is 0 Å². The molecule has 2 aromatic rings. The number of hydrogen-bond acceptors (Lipinski definition) is 6. The first kappa shape index (κ1) is 16.8. The summed E-state index contributed by atoms with van der Waals surface area (Å²) in [6.45, 7) is 0. The molecule has 1 aliphatic heterocycles. The molecule has 0 unspecified atom stereocenters. The highest BCUT2D eigenvalue weighted by Gasteiger charge is 2.43. The summed E-state index contributed by atoms with van der Waals surface area (Å²) in [5.41, 5.74) is 1.07. The summed E-state index contributed by atoms with van der Waals surface area (Å²) in [5.74, 6) is -1.63. The zero-order valence-corrected chi connectivity index (χ0v) is 13.9. The second-order valence-electron chi connectivity index (χ2n) is 4.86. The van der Waals surface area contributed by atoms with Crippen molar-refractivity contribution in [1.82, 2.24) is 14.9 Å². The number of fused-ring (bicyclic) bond motifs is 2. The minimum absolute atomic E-state index is 0.150. The molecule has 11 heteroatoms. The van der Waals surface area contributed by atoms with Crippen molar-refractivity contribution in [2.24, 2.45) is 5.10 Å². The summed E-state index contributed by atoms with van der Waals surface area (Å²) in [6.07, 6.45) is -4.99. The number of amidine groups is 1. The number of halogens is 4. The highest BCUT2D eigenvalue weighted by atomic mass is 35.5. The van der Waals surface area contributed by atoms with Gasteiger partial charge in [0.15, 0.2) is 11.0 Å². The van der Waals surface area contributed by atoms with E-state index in [4.69, 9.17) is 11.6 Å². The smallest absolute Gasteiger partial charge is 0.285 e. The SMILES string of the molecule is CN(C(=O)C(F)(F)F)C1=NN(C)c2nc3ccc(Cl)cc3nc2S1. The van der Waals surface area contributed by atoms with Crippen molar-refractivity contribution in [2.75, 3.05) is 19.1 Å². The van der Waals surface area contributed by atoms with Crippen LogP contribution in [0.15, 0.2) is 28.3 Å². The lowest BCUT2D eigenvalue weighted by Gasteiger charge is -2.26. The standard InChI is InChI=1S/C13H9ClF3N5OS/c1-21(11(23)13(15,16)17)12-20-22(2)9-10(24-12)19-8-5-6(14)3-4-7(8)18-9/h3-5H,1-2H3. The quantitative estimate of drug-likeness (QED) is 0.708. The van der Waals surface area contributed by atoms with Gasteiger partial charge >= 0.3 is 12.1 Å². The normalized spacial score (nSPS) is 14.4. The van der Waals surface area contributed by atoms with E-state index >= 15 is 0 Å². The Balaban J connectivity index is 2.00. The number of carbonyl (C=O) groups excluding carboxylic acids is 1. The number of thioether (sulfide) groups is 1. The predicted molar refractivity (Wildman–Crippen MR) is 85.1 cm³/mol. The molecule has 0 saturated carbocycles. The number of hydrazone groups is 1. The van der Waals surface area contributed by atoms with Crippen LogP contribution in [-0.2, 0) is 4.79 Å². The molecule has 2 heterocycles. The molecule has 0 spiro atoms. The molecule has 0 aliphatic carbocycles. The molecule has 3 rings (SSSR count). The van der Waals surface area contributed by atoms with Crippen molar-refractivity contribution >= 4 is 51.3 Å². The molecular formula is C13H9ClF3N5OS. The Morgan fingerprint density at radius 2 is 2.00 bits per heavy atom. The van der Waals surface area contributed by atoms with Crippen molar-refractivity contribution in [2.45, 2.75) is 11.2 Å². The van der Waals surface area contributed by atoms with Crippen LogP contribution in [0.3, 0.4) is 0 Å². The van der Waals surface area contributed by atoms with Gasteiger partial charge in [0.2, 0.25) is 0 Å². The second-order valence-corrected chi connectivity index (χ2v) is 6.25. The molecule has 1 aromatic heterocycles. The average molecular weight is 376 g/mol. The molecule has 0 fully saturated rings. The molecule has 1 aliphatic rings. The van der Waals surface area contributed by atoms with Gasteiger partial charge in [-0.05, 0) is 30.0 Å². The van der Waals surface area contributed by atoms with Gasteiger partial charge in [0, 0.05) is 19.1 Å². The van der Waals surface area contributed by atoms with E-state index in [-0.39, 0.29) is 5.17 Å². The fraction of sp³-hybridized carbons (Fsp3) is 0.231. The maximum Gasteiger partial charge on any atom is 0.471 e. The number of hydrogen-bond donors (Lipinski definition) is 0. The first-order valence-corrected chi connectivity index (χ1v) is 7.68. The molecule has 1 amide bonds. The first-order chi connectivity index (χ1) is 11.2. The summed E-state index contributed by atoms with van der Waals surface area (Å²) < 4.78 is 37.8. The van der Waals surface area contributed by atoms with Crippen LogP contribution < -0.4 is 5.01 Å². The Morgan fingerprint density at radius 3 is 2.67 bits per heavy atom. The zero-order valence-electron chi connectivity index (χ0n) is 12.3. The number of rotatable bonds is 0. The third-order valence-electron chi connectivity index (χ3n) is 3.14. The van der Waals surface area contributed by atoms with E-state index in [2.05, 4.69) is 15.1 Å². The van der Waals surface area contributed by atoms with Crippen LogP contribution in [0.2, 0.25) is 5.02 Å². The fourth-order valence-electron chi connectivity index (χ4n) is 1.98. The lowest BCUT2D eigenvalue weighted by molar-refractivity contribution is -0.179. The van der Waals surface area contributed by atoms with Crippen LogP contribution >= 0.6 is 23.4 Å². The van der Waals surface area contributed by atoms with Gasteiger partial charge in [-0.25, -0.2) is 15.0 Å². The van der Waals surface area contributed by atoms with Gasteiger partial charge in [-0.3, -0.25) is 9.69 Å². The third-order valence-corrected chi connectivity index (χ3v) is 4.38. The van der Waals surface area contributed by atoms with E-state index in [0.717, 1.165) is 18.8 Å². The monoisotopic (exact) mass is 375 g/mol. The van der Waals surface area contributed by atoms with Crippen LogP contribution in [0.4, 0.5) is 19.0 Å². The van der Waals surface area contributed by atoms with Gasteiger partial charge in [-0.15, -0.1) is 5.10 Å². The molecule has 1 aromatic carbocycles. The average Bonchev–Trinajstić information content (AvgIpc) is 2.50. The van der Waals surface area contributed by atoms with Crippen molar-refractivity contribution in [3.63, 3.8) is 0 Å². The van der Waals surface area contributed by atoms with E-state index in [1.807, 2.05) is 0 Å². The summed E-state index contributed by atoms with van der Waals surface area (Å²) in [6, 6.07) is 4.94. The molecule has 6 nitrogen and oxygen atoms in total. The third kappa shape index (κ3) is 2.98. The van der Waals surface area contributed by atoms with E-state index in [1.54, 1.807) is 18.2 Å². The fourth-order valence-corrected chi connectivity index (χ4v) is 3.11. The van der Waals surface area contributed by atoms with Gasteiger partial charge in [-0.1, -0.05) is 11.6 Å². The summed E-state index contributed by atoms with van der Waals surface area (Å²) in [5, 5.41) is 5.90. The van der Waals surface area contributed by atoms with Crippen molar-refractivity contribution in [3.05, 3.63) is 23.2 Å². The van der Waals surface area contributed by atoms with E-state index in [0.29, 0.717) is 31.8 Å². The molecule has 24 heavy (non-hydrogen) atoms. The number of amides is 1. The van der Waals surface area contributed by atoms with Crippen molar-refractivity contribution < 1.29 is 18.0 Å².